The number of hydrogen-bond donors (Lipinski definition) is 1. The van der Waals surface area contributed by atoms with Crippen molar-refractivity contribution in [1.82, 2.24) is 4.98 Å². The second-order valence-electron chi connectivity index (χ2n) is 2.19. The van der Waals surface area contributed by atoms with Gasteiger partial charge in [-0.05, 0) is 18.1 Å². The number of ether oxygens (including phenoxy) is 1. The van der Waals surface area contributed by atoms with Crippen molar-refractivity contribution in [2.24, 2.45) is 0 Å². The van der Waals surface area contributed by atoms with E-state index in [1.165, 1.54) is 7.11 Å². The summed E-state index contributed by atoms with van der Waals surface area (Å²) >= 11 is 0. The van der Waals surface area contributed by atoms with Crippen LogP contribution in [0, 0.1) is 11.8 Å². The molecule has 1 aromatic heterocycles. The van der Waals surface area contributed by atoms with Crippen LogP contribution in [-0.4, -0.2) is 18.1 Å². The molecule has 4 heteroatoms. The second kappa shape index (κ2) is 4.12. The smallest absolute Gasteiger partial charge is 0.384 e. The maximum atomic E-state index is 10.6. The first-order chi connectivity index (χ1) is 6.22. The van der Waals surface area contributed by atoms with Crippen LogP contribution >= 0.6 is 0 Å². The van der Waals surface area contributed by atoms with E-state index in [2.05, 4.69) is 21.6 Å². The summed E-state index contributed by atoms with van der Waals surface area (Å²) in [5, 5.41) is 0. The van der Waals surface area contributed by atoms with Gasteiger partial charge in [-0.1, -0.05) is 6.07 Å². The summed E-state index contributed by atoms with van der Waals surface area (Å²) in [5.74, 6) is 4.55. The van der Waals surface area contributed by atoms with E-state index >= 15 is 0 Å². The normalized spacial score (nSPS) is 8.38. The fourth-order valence-electron chi connectivity index (χ4n) is 0.687. The number of methoxy groups -OCH3 is 1. The Morgan fingerprint density at radius 3 is 3.00 bits per heavy atom. The van der Waals surface area contributed by atoms with Crippen LogP contribution in [0.25, 0.3) is 0 Å². The molecule has 0 amide bonds. The molecule has 0 aliphatic rings. The first-order valence-electron chi connectivity index (χ1n) is 3.55. The zero-order valence-corrected chi connectivity index (χ0v) is 7.07. The van der Waals surface area contributed by atoms with Gasteiger partial charge < -0.3 is 10.5 Å². The predicted octanol–water partition coefficient (Wildman–Crippen LogP) is 0.188. The van der Waals surface area contributed by atoms with Gasteiger partial charge in [0.2, 0.25) is 0 Å². The Labute approximate surface area is 75.7 Å². The van der Waals surface area contributed by atoms with E-state index in [1.54, 1.807) is 18.2 Å². The van der Waals surface area contributed by atoms with Gasteiger partial charge in [0.05, 0.1) is 7.11 Å². The lowest BCUT2D eigenvalue weighted by Gasteiger charge is -1.91. The van der Waals surface area contributed by atoms with Gasteiger partial charge in [0.25, 0.3) is 0 Å². The van der Waals surface area contributed by atoms with Gasteiger partial charge >= 0.3 is 5.97 Å². The number of carbonyl (C=O) groups excluding carboxylic acids is 1. The molecule has 13 heavy (non-hydrogen) atoms. The molecule has 0 saturated carbocycles. The Morgan fingerprint density at radius 2 is 2.38 bits per heavy atom. The first kappa shape index (κ1) is 9.07. The summed E-state index contributed by atoms with van der Waals surface area (Å²) in [4.78, 5) is 14.5. The topological polar surface area (TPSA) is 65.2 Å². The summed E-state index contributed by atoms with van der Waals surface area (Å²) in [6.45, 7) is 0. The van der Waals surface area contributed by atoms with Crippen LogP contribution in [-0.2, 0) is 9.53 Å². The minimum absolute atomic E-state index is 0.372. The number of hydrogen-bond acceptors (Lipinski definition) is 4. The third-order valence-electron chi connectivity index (χ3n) is 1.25. The molecule has 0 aliphatic carbocycles. The van der Waals surface area contributed by atoms with Crippen molar-refractivity contribution in [3.8, 4) is 11.8 Å². The average Bonchev–Trinajstić information content (AvgIpc) is 2.14. The lowest BCUT2D eigenvalue weighted by atomic mass is 10.3. The highest BCUT2D eigenvalue weighted by molar-refractivity contribution is 5.88. The summed E-state index contributed by atoms with van der Waals surface area (Å²) in [6, 6.07) is 5.01. The molecule has 4 nitrogen and oxygen atoms in total. The molecule has 0 saturated heterocycles. The fourth-order valence-corrected chi connectivity index (χ4v) is 0.687. The van der Waals surface area contributed by atoms with E-state index < -0.39 is 5.97 Å². The molecular weight excluding hydrogens is 168 g/mol. The molecule has 0 spiro atoms. The Kier molecular flexibility index (Phi) is 2.87. The SMILES string of the molecule is COC(=O)C#Cc1cccc(N)n1. The molecule has 1 heterocycles. The van der Waals surface area contributed by atoms with E-state index in [1.807, 2.05) is 0 Å². The Bertz CT molecular complexity index is 377. The van der Waals surface area contributed by atoms with Gasteiger partial charge in [0, 0.05) is 5.92 Å². The molecule has 0 aromatic carbocycles. The maximum absolute atomic E-state index is 10.6. The quantitative estimate of drug-likeness (QED) is 0.452. The third-order valence-corrected chi connectivity index (χ3v) is 1.25. The lowest BCUT2D eigenvalue weighted by Crippen LogP contribution is -1.96. The Morgan fingerprint density at radius 1 is 1.62 bits per heavy atom. The molecule has 66 valence electrons. The number of carbonyl (C=O) groups is 1. The Hall–Kier alpha value is -2.02. The van der Waals surface area contributed by atoms with Crippen molar-refractivity contribution in [3.05, 3.63) is 23.9 Å². The molecular formula is C9H8N2O2. The van der Waals surface area contributed by atoms with Gasteiger partial charge in [0.15, 0.2) is 0 Å². The second-order valence-corrected chi connectivity index (χ2v) is 2.19. The largest absolute Gasteiger partial charge is 0.459 e. The third kappa shape index (κ3) is 2.83. The van der Waals surface area contributed by atoms with Crippen LogP contribution < -0.4 is 5.73 Å². The van der Waals surface area contributed by atoms with Crippen LogP contribution in [0.5, 0.6) is 0 Å². The van der Waals surface area contributed by atoms with Crippen molar-refractivity contribution in [2.75, 3.05) is 12.8 Å². The van der Waals surface area contributed by atoms with Crippen molar-refractivity contribution < 1.29 is 9.53 Å². The van der Waals surface area contributed by atoms with Crippen LogP contribution in [0.4, 0.5) is 5.82 Å². The van der Waals surface area contributed by atoms with Gasteiger partial charge in [-0.15, -0.1) is 0 Å². The van der Waals surface area contributed by atoms with Crippen LogP contribution in [0.2, 0.25) is 0 Å². The molecule has 2 N–H and O–H groups in total. The number of nitrogen functional groups attached to an aromatic ring is 1. The number of nitrogens with zero attached hydrogens (tertiary/aromatic N) is 1. The maximum Gasteiger partial charge on any atom is 0.384 e. The average molecular weight is 176 g/mol. The zero-order valence-electron chi connectivity index (χ0n) is 7.07. The number of esters is 1. The zero-order chi connectivity index (χ0) is 9.68. The minimum atomic E-state index is -0.593. The molecule has 0 aliphatic heterocycles. The van der Waals surface area contributed by atoms with Crippen LogP contribution in [0.3, 0.4) is 0 Å². The lowest BCUT2D eigenvalue weighted by molar-refractivity contribution is -0.133. The van der Waals surface area contributed by atoms with E-state index in [0.717, 1.165) is 0 Å². The number of rotatable bonds is 0. The monoisotopic (exact) mass is 176 g/mol. The van der Waals surface area contributed by atoms with Crippen LogP contribution in [0.1, 0.15) is 5.69 Å². The fraction of sp³-hybridized carbons (Fsp3) is 0.111. The molecule has 0 bridgehead atoms. The van der Waals surface area contributed by atoms with Gasteiger partial charge in [-0.3, -0.25) is 0 Å². The summed E-state index contributed by atoms with van der Waals surface area (Å²) < 4.78 is 4.33. The van der Waals surface area contributed by atoms with Gasteiger partial charge in [0.1, 0.15) is 11.5 Å². The van der Waals surface area contributed by atoms with Gasteiger partial charge in [-0.2, -0.15) is 0 Å². The molecule has 0 atom stereocenters. The molecule has 0 fully saturated rings. The van der Waals surface area contributed by atoms with Crippen molar-refractivity contribution in [1.29, 1.82) is 0 Å². The number of pyridine rings is 1. The molecule has 0 unspecified atom stereocenters. The first-order valence-corrected chi connectivity index (χ1v) is 3.55. The Balaban J connectivity index is 2.83. The van der Waals surface area contributed by atoms with Crippen LogP contribution in [0.15, 0.2) is 18.2 Å². The highest BCUT2D eigenvalue weighted by Gasteiger charge is 1.92. The van der Waals surface area contributed by atoms with Crippen molar-refractivity contribution >= 4 is 11.8 Å². The summed E-state index contributed by atoms with van der Waals surface area (Å²) in [6.07, 6.45) is 0. The van der Waals surface area contributed by atoms with Gasteiger partial charge in [-0.25, -0.2) is 9.78 Å². The van der Waals surface area contributed by atoms with E-state index in [9.17, 15) is 4.79 Å². The standard InChI is InChI=1S/C9H8N2O2/c1-13-9(12)6-5-7-3-2-4-8(10)11-7/h2-4H,1H3,(H2,10,11). The minimum Gasteiger partial charge on any atom is -0.459 e. The number of aromatic nitrogens is 1. The van der Waals surface area contributed by atoms with E-state index in [0.29, 0.717) is 11.5 Å². The predicted molar refractivity (Wildman–Crippen MR) is 47.5 cm³/mol. The van der Waals surface area contributed by atoms with Crippen molar-refractivity contribution in [3.63, 3.8) is 0 Å². The molecule has 1 rings (SSSR count). The summed E-state index contributed by atoms with van der Waals surface area (Å²) in [5.41, 5.74) is 5.85. The summed E-state index contributed by atoms with van der Waals surface area (Å²) in [7, 11) is 1.27. The number of nitrogens with two attached hydrogens (primary N) is 1. The van der Waals surface area contributed by atoms with Crippen molar-refractivity contribution in [2.45, 2.75) is 0 Å². The highest BCUT2D eigenvalue weighted by Crippen LogP contribution is 1.97. The molecule has 0 radical (unpaired) electrons. The van der Waals surface area contributed by atoms with E-state index in [4.69, 9.17) is 5.73 Å². The van der Waals surface area contributed by atoms with E-state index in [-0.39, 0.29) is 0 Å². The molecule has 1 aromatic rings. The highest BCUT2D eigenvalue weighted by atomic mass is 16.5. The number of anilines is 1.